The van der Waals surface area contributed by atoms with Crippen molar-refractivity contribution in [2.24, 2.45) is 0 Å². The van der Waals surface area contributed by atoms with Crippen molar-refractivity contribution in [3.05, 3.63) is 60.2 Å². The van der Waals surface area contributed by atoms with Gasteiger partial charge in [-0.15, -0.1) is 0 Å². The number of phenolic OH excluding ortho intramolecular Hbond substituents is 2. The molecule has 0 aliphatic heterocycles. The van der Waals surface area contributed by atoms with Crippen molar-refractivity contribution in [1.29, 1.82) is 0 Å². The fourth-order valence-electron chi connectivity index (χ4n) is 3.36. The number of hydrogen-bond donors (Lipinski definition) is 2. The van der Waals surface area contributed by atoms with E-state index in [1.54, 1.807) is 51.1 Å². The number of benzene rings is 2. The lowest BCUT2D eigenvalue weighted by molar-refractivity contribution is 0.395. The number of pyridine rings is 2. The molecule has 2 aromatic heterocycles. The molecule has 2 N–H and O–H groups in total. The standard InChI is InChI=1S/C21H18N2O4/c1-26-18-7-12-3-5-22-10-16(12)20(24)14(18)9-15-19(27-2)8-13-4-6-23-11-17(13)21(15)25/h3-8,10-11,24-25H,9H2,1-2H3. The molecule has 4 rings (SSSR count). The Hall–Kier alpha value is -3.54. The van der Waals surface area contributed by atoms with Gasteiger partial charge in [-0.05, 0) is 35.0 Å². The van der Waals surface area contributed by atoms with Gasteiger partial charge in [0.2, 0.25) is 0 Å². The van der Waals surface area contributed by atoms with E-state index in [-0.39, 0.29) is 17.9 Å². The van der Waals surface area contributed by atoms with Crippen molar-refractivity contribution < 1.29 is 19.7 Å². The van der Waals surface area contributed by atoms with Crippen LogP contribution in [0.3, 0.4) is 0 Å². The number of aromatic hydroxyl groups is 2. The molecule has 0 fully saturated rings. The maximum Gasteiger partial charge on any atom is 0.132 e. The molecule has 136 valence electrons. The largest absolute Gasteiger partial charge is 0.507 e. The molecule has 0 radical (unpaired) electrons. The molecule has 0 amide bonds. The second-order valence-electron chi connectivity index (χ2n) is 6.18. The summed E-state index contributed by atoms with van der Waals surface area (Å²) in [7, 11) is 3.10. The lowest BCUT2D eigenvalue weighted by Crippen LogP contribution is -1.99. The summed E-state index contributed by atoms with van der Waals surface area (Å²) in [5.74, 6) is 1.20. The Balaban J connectivity index is 1.94. The quantitative estimate of drug-likeness (QED) is 0.574. The number of aromatic nitrogens is 2. The highest BCUT2D eigenvalue weighted by molar-refractivity contribution is 5.92. The van der Waals surface area contributed by atoms with Crippen molar-refractivity contribution in [3.63, 3.8) is 0 Å². The Bertz CT molecular complexity index is 1070. The van der Waals surface area contributed by atoms with E-state index < -0.39 is 0 Å². The molecule has 0 saturated carbocycles. The second kappa shape index (κ2) is 6.64. The van der Waals surface area contributed by atoms with Crippen LogP contribution in [0.15, 0.2) is 49.1 Å². The molecule has 0 unspecified atom stereocenters. The van der Waals surface area contributed by atoms with Gasteiger partial charge in [-0.2, -0.15) is 0 Å². The van der Waals surface area contributed by atoms with E-state index in [4.69, 9.17) is 9.47 Å². The maximum atomic E-state index is 10.8. The number of hydrogen-bond acceptors (Lipinski definition) is 6. The summed E-state index contributed by atoms with van der Waals surface area (Å²) >= 11 is 0. The molecule has 2 aromatic carbocycles. The fourth-order valence-corrected chi connectivity index (χ4v) is 3.36. The summed E-state index contributed by atoms with van der Waals surface area (Å²) in [4.78, 5) is 8.17. The molecule has 6 nitrogen and oxygen atoms in total. The first-order valence-corrected chi connectivity index (χ1v) is 8.39. The van der Waals surface area contributed by atoms with Crippen molar-refractivity contribution in [1.82, 2.24) is 9.97 Å². The predicted octanol–water partition coefficient (Wildman–Crippen LogP) is 3.80. The molecule has 4 aromatic rings. The van der Waals surface area contributed by atoms with Gasteiger partial charge in [0.25, 0.3) is 0 Å². The first-order valence-electron chi connectivity index (χ1n) is 8.39. The zero-order valence-electron chi connectivity index (χ0n) is 14.9. The Kier molecular flexibility index (Phi) is 4.16. The maximum absolute atomic E-state index is 10.8. The van der Waals surface area contributed by atoms with Gasteiger partial charge in [-0.1, -0.05) is 0 Å². The third-order valence-corrected chi connectivity index (χ3v) is 4.75. The summed E-state index contributed by atoms with van der Waals surface area (Å²) in [6.07, 6.45) is 6.75. The third kappa shape index (κ3) is 2.75. The van der Waals surface area contributed by atoms with Crippen molar-refractivity contribution in [2.75, 3.05) is 14.2 Å². The number of nitrogens with zero attached hydrogens (tertiary/aromatic N) is 2. The molecule has 0 bridgehead atoms. The molecular weight excluding hydrogens is 344 g/mol. The first-order chi connectivity index (χ1) is 13.1. The van der Waals surface area contributed by atoms with Crippen molar-refractivity contribution in [3.8, 4) is 23.0 Å². The van der Waals surface area contributed by atoms with E-state index in [0.717, 1.165) is 10.8 Å². The van der Waals surface area contributed by atoms with Gasteiger partial charge < -0.3 is 19.7 Å². The zero-order valence-corrected chi connectivity index (χ0v) is 14.9. The van der Waals surface area contributed by atoms with Crippen LogP contribution < -0.4 is 9.47 Å². The minimum absolute atomic E-state index is 0.0742. The predicted molar refractivity (Wildman–Crippen MR) is 103 cm³/mol. The molecule has 0 atom stereocenters. The van der Waals surface area contributed by atoms with Crippen LogP contribution in [-0.4, -0.2) is 34.4 Å². The fraction of sp³-hybridized carbons (Fsp3) is 0.143. The topological polar surface area (TPSA) is 84.7 Å². The number of rotatable bonds is 4. The van der Waals surface area contributed by atoms with Gasteiger partial charge in [0.15, 0.2) is 0 Å². The van der Waals surface area contributed by atoms with E-state index >= 15 is 0 Å². The molecule has 0 spiro atoms. The summed E-state index contributed by atoms with van der Waals surface area (Å²) in [6, 6.07) is 7.30. The zero-order chi connectivity index (χ0) is 19.0. The van der Waals surface area contributed by atoms with Gasteiger partial charge in [-0.3, -0.25) is 9.97 Å². The first kappa shape index (κ1) is 16.9. The van der Waals surface area contributed by atoms with Gasteiger partial charge >= 0.3 is 0 Å². The van der Waals surface area contributed by atoms with Gasteiger partial charge in [0, 0.05) is 53.1 Å². The summed E-state index contributed by atoms with van der Waals surface area (Å²) in [5, 5.41) is 24.6. The van der Waals surface area contributed by atoms with E-state index in [2.05, 4.69) is 9.97 Å². The number of methoxy groups -OCH3 is 2. The summed E-state index contributed by atoms with van der Waals surface area (Å²) in [5.41, 5.74) is 1.10. The van der Waals surface area contributed by atoms with Crippen LogP contribution in [0.25, 0.3) is 21.5 Å². The van der Waals surface area contributed by atoms with Crippen LogP contribution in [0.4, 0.5) is 0 Å². The van der Waals surface area contributed by atoms with Gasteiger partial charge in [-0.25, -0.2) is 0 Å². The van der Waals surface area contributed by atoms with E-state index in [1.165, 1.54) is 0 Å². The smallest absolute Gasteiger partial charge is 0.132 e. The Morgan fingerprint density at radius 3 is 1.63 bits per heavy atom. The van der Waals surface area contributed by atoms with Gasteiger partial charge in [0.05, 0.1) is 14.2 Å². The number of ether oxygens (including phenoxy) is 2. The Labute approximate surface area is 155 Å². The lowest BCUT2D eigenvalue weighted by atomic mass is 9.96. The Morgan fingerprint density at radius 2 is 1.22 bits per heavy atom. The SMILES string of the molecule is COc1cc2ccncc2c(O)c1Cc1c(OC)cc2ccncc2c1O. The lowest BCUT2D eigenvalue weighted by Gasteiger charge is -2.17. The van der Waals surface area contributed by atoms with E-state index in [9.17, 15) is 10.2 Å². The third-order valence-electron chi connectivity index (χ3n) is 4.75. The highest BCUT2D eigenvalue weighted by Crippen LogP contribution is 2.42. The van der Waals surface area contributed by atoms with E-state index in [0.29, 0.717) is 33.4 Å². The average Bonchev–Trinajstić information content (AvgIpc) is 2.71. The number of phenols is 2. The van der Waals surface area contributed by atoms with Crippen LogP contribution in [0.2, 0.25) is 0 Å². The van der Waals surface area contributed by atoms with Crippen molar-refractivity contribution >= 4 is 21.5 Å². The van der Waals surface area contributed by atoms with Crippen LogP contribution in [0.5, 0.6) is 23.0 Å². The molecule has 0 aliphatic carbocycles. The average molecular weight is 362 g/mol. The van der Waals surface area contributed by atoms with Gasteiger partial charge in [0.1, 0.15) is 23.0 Å². The highest BCUT2D eigenvalue weighted by Gasteiger charge is 2.20. The molecule has 27 heavy (non-hydrogen) atoms. The van der Waals surface area contributed by atoms with E-state index in [1.807, 2.05) is 12.1 Å². The minimum Gasteiger partial charge on any atom is -0.507 e. The normalized spacial score (nSPS) is 11.0. The summed E-state index contributed by atoms with van der Waals surface area (Å²) in [6.45, 7) is 0. The molecule has 0 saturated heterocycles. The van der Waals surface area contributed by atoms with Crippen LogP contribution >= 0.6 is 0 Å². The molecule has 6 heteroatoms. The molecule has 2 heterocycles. The number of fused-ring (bicyclic) bond motifs is 2. The summed E-state index contributed by atoms with van der Waals surface area (Å²) < 4.78 is 11.0. The van der Waals surface area contributed by atoms with Crippen LogP contribution in [0, 0.1) is 0 Å². The monoisotopic (exact) mass is 362 g/mol. The van der Waals surface area contributed by atoms with Crippen molar-refractivity contribution in [2.45, 2.75) is 6.42 Å². The second-order valence-corrected chi connectivity index (χ2v) is 6.18. The van der Waals surface area contributed by atoms with Crippen LogP contribution in [-0.2, 0) is 6.42 Å². The molecular formula is C21H18N2O4. The highest BCUT2D eigenvalue weighted by atomic mass is 16.5. The molecule has 0 aliphatic rings. The minimum atomic E-state index is 0.0742. The van der Waals surface area contributed by atoms with Crippen LogP contribution in [0.1, 0.15) is 11.1 Å². The Morgan fingerprint density at radius 1 is 0.778 bits per heavy atom.